The first-order valence-electron chi connectivity index (χ1n) is 7.84. The van der Waals surface area contributed by atoms with Crippen LogP contribution in [0, 0.1) is 18.7 Å². The van der Waals surface area contributed by atoms with Gasteiger partial charge in [-0.15, -0.1) is 0 Å². The maximum absolute atomic E-state index is 13.1. The van der Waals surface area contributed by atoms with E-state index in [0.29, 0.717) is 12.5 Å². The molecule has 0 radical (unpaired) electrons. The molecule has 1 aliphatic heterocycles. The zero-order valence-electron chi connectivity index (χ0n) is 13.3. The second-order valence-electron chi connectivity index (χ2n) is 6.51. The van der Waals surface area contributed by atoms with Gasteiger partial charge in [0.2, 0.25) is 0 Å². The third-order valence-electron chi connectivity index (χ3n) is 4.11. The first-order valence-corrected chi connectivity index (χ1v) is 7.84. The Kier molecular flexibility index (Phi) is 5.73. The first-order chi connectivity index (χ1) is 9.95. The SMILES string of the molecule is Cc1cc(F)ccc1C(O)CN1CCN(CC(C)C)CC1. The predicted molar refractivity (Wildman–Crippen MR) is 83.8 cm³/mol. The highest BCUT2D eigenvalue weighted by Gasteiger charge is 2.21. The van der Waals surface area contributed by atoms with Crippen LogP contribution in [0.5, 0.6) is 0 Å². The molecule has 118 valence electrons. The maximum Gasteiger partial charge on any atom is 0.123 e. The summed E-state index contributed by atoms with van der Waals surface area (Å²) in [5.74, 6) is 0.453. The number of piperazine rings is 1. The lowest BCUT2D eigenvalue weighted by Crippen LogP contribution is -2.48. The van der Waals surface area contributed by atoms with Gasteiger partial charge in [-0.1, -0.05) is 19.9 Å². The van der Waals surface area contributed by atoms with Crippen molar-refractivity contribution in [3.05, 3.63) is 35.1 Å². The summed E-state index contributed by atoms with van der Waals surface area (Å²) in [6.07, 6.45) is -0.540. The summed E-state index contributed by atoms with van der Waals surface area (Å²) in [4.78, 5) is 4.78. The van der Waals surface area contributed by atoms with Crippen molar-refractivity contribution in [2.24, 2.45) is 5.92 Å². The van der Waals surface area contributed by atoms with Crippen molar-refractivity contribution in [3.63, 3.8) is 0 Å². The summed E-state index contributed by atoms with van der Waals surface area (Å²) in [7, 11) is 0. The van der Waals surface area contributed by atoms with E-state index >= 15 is 0 Å². The first kappa shape index (κ1) is 16.4. The van der Waals surface area contributed by atoms with Crippen LogP contribution in [0.15, 0.2) is 18.2 Å². The molecule has 0 aliphatic carbocycles. The Morgan fingerprint density at radius 1 is 1.10 bits per heavy atom. The Morgan fingerprint density at radius 3 is 2.19 bits per heavy atom. The van der Waals surface area contributed by atoms with Crippen LogP contribution >= 0.6 is 0 Å². The topological polar surface area (TPSA) is 26.7 Å². The fourth-order valence-electron chi connectivity index (χ4n) is 3.03. The molecule has 1 aliphatic rings. The lowest BCUT2D eigenvalue weighted by atomic mass is 10.0. The highest BCUT2D eigenvalue weighted by atomic mass is 19.1. The molecule has 1 unspecified atom stereocenters. The van der Waals surface area contributed by atoms with Crippen molar-refractivity contribution < 1.29 is 9.50 Å². The van der Waals surface area contributed by atoms with Crippen LogP contribution in [0.2, 0.25) is 0 Å². The van der Waals surface area contributed by atoms with Crippen LogP contribution in [-0.4, -0.2) is 54.2 Å². The molecule has 1 fully saturated rings. The summed E-state index contributed by atoms with van der Waals surface area (Å²) in [5.41, 5.74) is 1.65. The Hall–Kier alpha value is -0.970. The van der Waals surface area contributed by atoms with Gasteiger partial charge >= 0.3 is 0 Å². The van der Waals surface area contributed by atoms with Gasteiger partial charge < -0.3 is 10.0 Å². The third kappa shape index (κ3) is 4.77. The standard InChI is InChI=1S/C17H27FN2O/c1-13(2)11-19-6-8-20(9-7-19)12-17(21)16-5-4-15(18)10-14(16)3/h4-5,10,13,17,21H,6-9,11-12H2,1-3H3. The van der Waals surface area contributed by atoms with Crippen molar-refractivity contribution >= 4 is 0 Å². The molecule has 21 heavy (non-hydrogen) atoms. The van der Waals surface area contributed by atoms with Crippen LogP contribution < -0.4 is 0 Å². The highest BCUT2D eigenvalue weighted by molar-refractivity contribution is 5.28. The molecule has 0 aromatic heterocycles. The van der Waals surface area contributed by atoms with Gasteiger partial charge in [0.15, 0.2) is 0 Å². The third-order valence-corrected chi connectivity index (χ3v) is 4.11. The number of aliphatic hydroxyl groups is 1. The quantitative estimate of drug-likeness (QED) is 0.903. The van der Waals surface area contributed by atoms with Gasteiger partial charge in [0, 0.05) is 39.3 Å². The minimum atomic E-state index is -0.540. The lowest BCUT2D eigenvalue weighted by Gasteiger charge is -2.36. The number of hydrogen-bond donors (Lipinski definition) is 1. The number of aliphatic hydroxyl groups excluding tert-OH is 1. The van der Waals surface area contributed by atoms with Gasteiger partial charge in [0.05, 0.1) is 6.10 Å². The zero-order chi connectivity index (χ0) is 15.4. The Bertz CT molecular complexity index is 456. The second kappa shape index (κ2) is 7.34. The average molecular weight is 294 g/mol. The molecule has 1 aromatic carbocycles. The monoisotopic (exact) mass is 294 g/mol. The summed E-state index contributed by atoms with van der Waals surface area (Å²) in [6, 6.07) is 4.61. The number of aryl methyl sites for hydroxylation is 1. The molecule has 0 saturated carbocycles. The highest BCUT2D eigenvalue weighted by Crippen LogP contribution is 2.20. The molecule has 1 heterocycles. The molecular formula is C17H27FN2O. The summed E-state index contributed by atoms with van der Waals surface area (Å²) in [5, 5.41) is 10.4. The van der Waals surface area contributed by atoms with E-state index in [9.17, 15) is 9.50 Å². The number of halogens is 1. The molecule has 1 N–H and O–H groups in total. The molecule has 1 atom stereocenters. The van der Waals surface area contributed by atoms with E-state index in [2.05, 4.69) is 23.6 Å². The molecule has 2 rings (SSSR count). The van der Waals surface area contributed by atoms with Crippen molar-refractivity contribution in [3.8, 4) is 0 Å². The van der Waals surface area contributed by atoms with Gasteiger partial charge in [0.25, 0.3) is 0 Å². The van der Waals surface area contributed by atoms with Crippen molar-refractivity contribution in [1.82, 2.24) is 9.80 Å². The minimum absolute atomic E-state index is 0.245. The number of β-amino-alcohol motifs (C(OH)–C–C–N with tert-alkyl or cyclic N) is 1. The lowest BCUT2D eigenvalue weighted by molar-refractivity contribution is 0.0684. The average Bonchev–Trinajstić information content (AvgIpc) is 2.40. The molecular weight excluding hydrogens is 267 g/mol. The summed E-state index contributed by atoms with van der Waals surface area (Å²) < 4.78 is 13.1. The molecule has 3 nitrogen and oxygen atoms in total. The van der Waals surface area contributed by atoms with Crippen LogP contribution in [0.25, 0.3) is 0 Å². The van der Waals surface area contributed by atoms with E-state index < -0.39 is 6.10 Å². The largest absolute Gasteiger partial charge is 0.387 e. The van der Waals surface area contributed by atoms with E-state index in [0.717, 1.165) is 43.9 Å². The maximum atomic E-state index is 13.1. The summed E-state index contributed by atoms with van der Waals surface area (Å²) in [6.45, 7) is 12.2. The fourth-order valence-corrected chi connectivity index (χ4v) is 3.03. The molecule has 1 saturated heterocycles. The van der Waals surface area contributed by atoms with E-state index in [1.807, 2.05) is 6.92 Å². The predicted octanol–water partition coefficient (Wildman–Crippen LogP) is 2.44. The van der Waals surface area contributed by atoms with Gasteiger partial charge in [-0.3, -0.25) is 4.90 Å². The molecule has 0 bridgehead atoms. The fraction of sp³-hybridized carbons (Fsp3) is 0.647. The number of rotatable bonds is 5. The Morgan fingerprint density at radius 2 is 1.67 bits per heavy atom. The van der Waals surface area contributed by atoms with E-state index in [-0.39, 0.29) is 5.82 Å². The molecule has 4 heteroatoms. The molecule has 0 amide bonds. The van der Waals surface area contributed by atoms with Crippen LogP contribution in [0.3, 0.4) is 0 Å². The number of hydrogen-bond acceptors (Lipinski definition) is 3. The second-order valence-corrected chi connectivity index (χ2v) is 6.51. The van der Waals surface area contributed by atoms with Crippen LogP contribution in [-0.2, 0) is 0 Å². The van der Waals surface area contributed by atoms with Crippen molar-refractivity contribution in [1.29, 1.82) is 0 Å². The van der Waals surface area contributed by atoms with Crippen molar-refractivity contribution in [2.75, 3.05) is 39.3 Å². The Balaban J connectivity index is 1.85. The molecule has 0 spiro atoms. The van der Waals surface area contributed by atoms with E-state index in [1.165, 1.54) is 12.1 Å². The number of nitrogens with zero attached hydrogens (tertiary/aromatic N) is 2. The van der Waals surface area contributed by atoms with Crippen LogP contribution in [0.4, 0.5) is 4.39 Å². The van der Waals surface area contributed by atoms with Gasteiger partial charge in [0.1, 0.15) is 5.82 Å². The zero-order valence-corrected chi connectivity index (χ0v) is 13.3. The normalized spacial score (nSPS) is 19.1. The van der Waals surface area contributed by atoms with Crippen molar-refractivity contribution in [2.45, 2.75) is 26.9 Å². The van der Waals surface area contributed by atoms with E-state index in [4.69, 9.17) is 0 Å². The molecule has 1 aromatic rings. The number of benzene rings is 1. The Labute approximate surface area is 127 Å². The van der Waals surface area contributed by atoms with Gasteiger partial charge in [-0.2, -0.15) is 0 Å². The smallest absolute Gasteiger partial charge is 0.123 e. The summed E-state index contributed by atoms with van der Waals surface area (Å²) >= 11 is 0. The van der Waals surface area contributed by atoms with Crippen LogP contribution in [0.1, 0.15) is 31.1 Å². The minimum Gasteiger partial charge on any atom is -0.387 e. The van der Waals surface area contributed by atoms with Gasteiger partial charge in [-0.25, -0.2) is 4.39 Å². The van der Waals surface area contributed by atoms with Gasteiger partial charge in [-0.05, 0) is 36.1 Å². The van der Waals surface area contributed by atoms with E-state index in [1.54, 1.807) is 6.07 Å².